The maximum Gasteiger partial charge on any atom is 0.326 e. The van der Waals surface area contributed by atoms with Gasteiger partial charge in [-0.3, -0.25) is 19.2 Å². The van der Waals surface area contributed by atoms with E-state index in [1.165, 1.54) is 11.8 Å². The zero-order valence-corrected chi connectivity index (χ0v) is 21.8. The molecular formula is C23H31N5O9S. The number of carboxylic acid groups (broad SMARTS) is 2. The van der Waals surface area contributed by atoms with Gasteiger partial charge >= 0.3 is 11.9 Å². The number of aliphatic carboxylic acids is 2. The predicted octanol–water partition coefficient (Wildman–Crippen LogP) is -1.64. The summed E-state index contributed by atoms with van der Waals surface area (Å²) in [7, 11) is 1.70. The first-order chi connectivity index (χ1) is 18.0. The summed E-state index contributed by atoms with van der Waals surface area (Å²) >= 11 is 1.31. The molecule has 4 N–H and O–H groups in total. The predicted molar refractivity (Wildman–Crippen MR) is 133 cm³/mol. The molecule has 0 aromatic carbocycles. The molecule has 0 saturated carbocycles. The summed E-state index contributed by atoms with van der Waals surface area (Å²) in [6, 6.07) is -0.136. The largest absolute Gasteiger partial charge is 0.480 e. The zero-order valence-electron chi connectivity index (χ0n) is 21.0. The number of thioether (sulfide) groups is 1. The van der Waals surface area contributed by atoms with Crippen molar-refractivity contribution < 1.29 is 43.7 Å². The Labute approximate surface area is 222 Å². The van der Waals surface area contributed by atoms with Crippen molar-refractivity contribution >= 4 is 47.3 Å². The van der Waals surface area contributed by atoms with Crippen molar-refractivity contribution in [3.8, 4) is 0 Å². The smallest absolute Gasteiger partial charge is 0.326 e. The molecule has 2 aliphatic heterocycles. The SMILES string of the molecule is CSCC(=O)NC1CC(C(=O)O)N(C(=O)COCC(=O)N2CC(NC(=O)c3cccn3C)CC2C(=O)O)C1. The molecule has 2 saturated heterocycles. The van der Waals surface area contributed by atoms with Gasteiger partial charge in [0.25, 0.3) is 5.91 Å². The van der Waals surface area contributed by atoms with Gasteiger partial charge in [0, 0.05) is 51.3 Å². The lowest BCUT2D eigenvalue weighted by Gasteiger charge is -2.23. The molecule has 0 aliphatic carbocycles. The van der Waals surface area contributed by atoms with Gasteiger partial charge in [-0.2, -0.15) is 11.8 Å². The molecule has 0 radical (unpaired) electrons. The Kier molecular flexibility index (Phi) is 9.74. The minimum atomic E-state index is -1.24. The van der Waals surface area contributed by atoms with Gasteiger partial charge in [-0.25, -0.2) is 9.59 Å². The summed E-state index contributed by atoms with van der Waals surface area (Å²) < 4.78 is 6.85. The van der Waals surface area contributed by atoms with Crippen LogP contribution in [0.3, 0.4) is 0 Å². The van der Waals surface area contributed by atoms with E-state index < -0.39 is 67.0 Å². The van der Waals surface area contributed by atoms with Crippen LogP contribution < -0.4 is 10.6 Å². The first-order valence-corrected chi connectivity index (χ1v) is 13.2. The molecule has 4 unspecified atom stereocenters. The second kappa shape index (κ2) is 12.8. The molecule has 4 amide bonds. The number of aryl methyl sites for hydroxylation is 1. The van der Waals surface area contributed by atoms with Gasteiger partial charge in [0.15, 0.2) is 0 Å². The van der Waals surface area contributed by atoms with Crippen molar-refractivity contribution in [2.24, 2.45) is 7.05 Å². The molecule has 3 rings (SSSR count). The van der Waals surface area contributed by atoms with Crippen LogP contribution in [0.4, 0.5) is 0 Å². The van der Waals surface area contributed by atoms with Gasteiger partial charge in [0.1, 0.15) is 31.0 Å². The lowest BCUT2D eigenvalue weighted by Crippen LogP contribution is -2.45. The molecule has 3 heterocycles. The van der Waals surface area contributed by atoms with Crippen LogP contribution in [0.5, 0.6) is 0 Å². The minimum Gasteiger partial charge on any atom is -0.480 e. The highest BCUT2D eigenvalue weighted by Crippen LogP contribution is 2.21. The molecule has 0 bridgehead atoms. The van der Waals surface area contributed by atoms with E-state index in [1.54, 1.807) is 36.2 Å². The van der Waals surface area contributed by atoms with Crippen LogP contribution in [0, 0.1) is 0 Å². The lowest BCUT2D eigenvalue weighted by molar-refractivity contribution is -0.153. The van der Waals surface area contributed by atoms with Crippen LogP contribution in [-0.4, -0.2) is 123 Å². The molecule has 1 aromatic heterocycles. The van der Waals surface area contributed by atoms with Crippen LogP contribution in [0.25, 0.3) is 0 Å². The Morgan fingerprint density at radius 2 is 1.47 bits per heavy atom. The Balaban J connectivity index is 1.52. The summed E-state index contributed by atoms with van der Waals surface area (Å²) in [5.74, 6) is -4.27. The van der Waals surface area contributed by atoms with Crippen LogP contribution in [0.1, 0.15) is 23.3 Å². The maximum absolute atomic E-state index is 12.7. The van der Waals surface area contributed by atoms with Gasteiger partial charge in [-0.05, 0) is 18.4 Å². The van der Waals surface area contributed by atoms with E-state index in [9.17, 15) is 39.0 Å². The average Bonchev–Trinajstić information content (AvgIpc) is 3.57. The zero-order chi connectivity index (χ0) is 28.0. The monoisotopic (exact) mass is 553 g/mol. The van der Waals surface area contributed by atoms with Gasteiger partial charge in [-0.1, -0.05) is 0 Å². The molecule has 0 spiro atoms. The normalized spacial score (nSPS) is 22.8. The van der Waals surface area contributed by atoms with Gasteiger partial charge in [0.05, 0.1) is 5.75 Å². The van der Waals surface area contributed by atoms with Gasteiger partial charge in [-0.15, -0.1) is 0 Å². The molecular weight excluding hydrogens is 522 g/mol. The summed E-state index contributed by atoms with van der Waals surface area (Å²) in [4.78, 5) is 75.2. The van der Waals surface area contributed by atoms with Crippen molar-refractivity contribution in [1.82, 2.24) is 25.0 Å². The Bertz CT molecular complexity index is 1090. The van der Waals surface area contributed by atoms with Crippen LogP contribution >= 0.6 is 11.8 Å². The lowest BCUT2D eigenvalue weighted by atomic mass is 10.1. The molecule has 1 aromatic rings. The first-order valence-electron chi connectivity index (χ1n) is 11.8. The Hall–Kier alpha value is -3.59. The minimum absolute atomic E-state index is 0.00782. The fourth-order valence-corrected chi connectivity index (χ4v) is 4.99. The standard InChI is InChI=1S/C23H31N5O9S/c1-26-5-3-4-15(26)21(32)25-14-7-17(23(35)36)28(9-14)20(31)11-37-10-19(30)27-8-13(6-16(27)22(33)34)24-18(29)12-38-2/h3-5,13-14,16-17H,6-12H2,1-2H3,(H,24,29)(H,25,32)(H,33,34)(H,35,36). The number of carboxylic acids is 2. The number of hydrogen-bond acceptors (Lipinski definition) is 8. The van der Waals surface area contributed by atoms with Crippen molar-refractivity contribution in [2.75, 3.05) is 38.3 Å². The van der Waals surface area contributed by atoms with E-state index in [-0.39, 0.29) is 37.6 Å². The number of amides is 4. The van der Waals surface area contributed by atoms with E-state index in [0.717, 1.165) is 9.80 Å². The molecule has 2 aliphatic rings. The number of carbonyl (C=O) groups excluding carboxylic acids is 4. The third kappa shape index (κ3) is 7.04. The molecule has 2 fully saturated rings. The number of aromatic nitrogens is 1. The van der Waals surface area contributed by atoms with Crippen LogP contribution in [0.15, 0.2) is 18.3 Å². The number of ether oxygens (including phenoxy) is 1. The van der Waals surface area contributed by atoms with Crippen LogP contribution in [-0.2, 0) is 35.8 Å². The Morgan fingerprint density at radius 3 is 1.92 bits per heavy atom. The fourth-order valence-electron chi connectivity index (χ4n) is 4.65. The number of nitrogens with one attached hydrogen (secondary N) is 2. The topological polar surface area (TPSA) is 188 Å². The number of hydrogen-bond donors (Lipinski definition) is 4. The summed E-state index contributed by atoms with van der Waals surface area (Å²) in [5.41, 5.74) is 0.385. The molecule has 208 valence electrons. The maximum atomic E-state index is 12.7. The third-order valence-electron chi connectivity index (χ3n) is 6.42. The fraction of sp³-hybridized carbons (Fsp3) is 0.565. The third-order valence-corrected chi connectivity index (χ3v) is 6.97. The second-order valence-corrected chi connectivity index (χ2v) is 10.0. The highest BCUT2D eigenvalue weighted by Gasteiger charge is 2.42. The quantitative estimate of drug-likeness (QED) is 0.247. The molecule has 15 heteroatoms. The molecule has 4 atom stereocenters. The van der Waals surface area contributed by atoms with E-state index in [4.69, 9.17) is 4.74 Å². The van der Waals surface area contributed by atoms with Crippen molar-refractivity contribution in [1.29, 1.82) is 0 Å². The van der Waals surface area contributed by atoms with Gasteiger partial charge < -0.3 is 40.0 Å². The van der Waals surface area contributed by atoms with Crippen molar-refractivity contribution in [3.63, 3.8) is 0 Å². The first kappa shape index (κ1) is 29.0. The molecule has 38 heavy (non-hydrogen) atoms. The second-order valence-electron chi connectivity index (χ2n) is 9.14. The van der Waals surface area contributed by atoms with E-state index in [0.29, 0.717) is 5.69 Å². The number of carbonyl (C=O) groups is 6. The highest BCUT2D eigenvalue weighted by atomic mass is 32.2. The number of nitrogens with zero attached hydrogens (tertiary/aromatic N) is 3. The average molecular weight is 554 g/mol. The summed E-state index contributed by atoms with van der Waals surface area (Å²) in [5, 5.41) is 24.5. The van der Waals surface area contributed by atoms with Gasteiger partial charge in [0.2, 0.25) is 17.7 Å². The summed E-state index contributed by atoms with van der Waals surface area (Å²) in [6.07, 6.45) is 3.50. The number of rotatable bonds is 11. The highest BCUT2D eigenvalue weighted by molar-refractivity contribution is 7.99. The van der Waals surface area contributed by atoms with E-state index >= 15 is 0 Å². The van der Waals surface area contributed by atoms with Crippen molar-refractivity contribution in [2.45, 2.75) is 37.0 Å². The summed E-state index contributed by atoms with van der Waals surface area (Å²) in [6.45, 7) is -1.26. The van der Waals surface area contributed by atoms with Crippen LogP contribution in [0.2, 0.25) is 0 Å². The number of likely N-dealkylation sites (tertiary alicyclic amines) is 2. The van der Waals surface area contributed by atoms with E-state index in [2.05, 4.69) is 10.6 Å². The van der Waals surface area contributed by atoms with Crippen molar-refractivity contribution in [3.05, 3.63) is 24.0 Å². The van der Waals surface area contributed by atoms with E-state index in [1.807, 2.05) is 0 Å². The Morgan fingerprint density at radius 1 is 0.947 bits per heavy atom. The molecule has 14 nitrogen and oxygen atoms in total.